The van der Waals surface area contributed by atoms with E-state index in [1.165, 1.54) is 32.1 Å². The van der Waals surface area contributed by atoms with Crippen LogP contribution in [0.5, 0.6) is 0 Å². The van der Waals surface area contributed by atoms with Crippen molar-refractivity contribution in [3.8, 4) is 0 Å². The summed E-state index contributed by atoms with van der Waals surface area (Å²) in [5.41, 5.74) is 0.490. The molecular weight excluding hydrogens is 276 g/mol. The molecule has 0 nitrogen and oxygen atoms in total. The van der Waals surface area contributed by atoms with E-state index < -0.39 is 0 Å². The molecule has 136 valence electrons. The molecule has 0 rings (SSSR count). The Morgan fingerprint density at radius 1 is 1.04 bits per heavy atom. The van der Waals surface area contributed by atoms with Crippen LogP contribution in [-0.2, 0) is 0 Å². The van der Waals surface area contributed by atoms with Crippen LogP contribution in [0.25, 0.3) is 0 Å². The molecule has 0 aromatic rings. The van der Waals surface area contributed by atoms with Crippen molar-refractivity contribution in [2.45, 2.75) is 87.5 Å². The van der Waals surface area contributed by atoms with Crippen LogP contribution in [0.4, 0.5) is 0 Å². The van der Waals surface area contributed by atoms with Crippen LogP contribution in [0.3, 0.4) is 0 Å². The Balaban J connectivity index is 4.89. The van der Waals surface area contributed by atoms with E-state index in [-0.39, 0.29) is 0 Å². The number of rotatable bonds is 12. The maximum Gasteiger partial charge on any atom is -0.0145 e. The van der Waals surface area contributed by atoms with Crippen LogP contribution in [0.2, 0.25) is 0 Å². The quantitative estimate of drug-likeness (QED) is 0.320. The average molecular weight is 321 g/mol. The summed E-state index contributed by atoms with van der Waals surface area (Å²) in [6, 6.07) is 0. The fraction of sp³-hybridized carbons (Fsp3) is 0.826. The van der Waals surface area contributed by atoms with E-state index in [9.17, 15) is 0 Å². The maximum absolute atomic E-state index is 4.15. The zero-order valence-corrected chi connectivity index (χ0v) is 17.4. The zero-order valence-electron chi connectivity index (χ0n) is 17.4. The van der Waals surface area contributed by atoms with E-state index >= 15 is 0 Å². The summed E-state index contributed by atoms with van der Waals surface area (Å²) in [4.78, 5) is 0. The van der Waals surface area contributed by atoms with Gasteiger partial charge in [-0.05, 0) is 54.8 Å². The molecule has 0 heterocycles. The number of hydrogen-bond acceptors (Lipinski definition) is 0. The second-order valence-electron chi connectivity index (χ2n) is 8.68. The van der Waals surface area contributed by atoms with Crippen molar-refractivity contribution >= 4 is 0 Å². The van der Waals surface area contributed by atoms with E-state index in [1.807, 2.05) is 0 Å². The molecule has 0 bridgehead atoms. The summed E-state index contributed by atoms with van der Waals surface area (Å²) in [5.74, 6) is 3.54. The average Bonchev–Trinajstić information content (AvgIpc) is 2.49. The first-order valence-corrected chi connectivity index (χ1v) is 9.97. The van der Waals surface area contributed by atoms with Gasteiger partial charge in [0.2, 0.25) is 0 Å². The molecule has 0 aromatic heterocycles. The molecule has 0 spiro atoms. The first-order chi connectivity index (χ1) is 10.7. The molecule has 4 unspecified atom stereocenters. The normalized spacial score (nSPS) is 18.1. The van der Waals surface area contributed by atoms with Crippen LogP contribution in [0.1, 0.15) is 87.5 Å². The molecule has 0 radical (unpaired) electrons. The van der Waals surface area contributed by atoms with Crippen LogP contribution in [0.15, 0.2) is 24.8 Å². The van der Waals surface area contributed by atoms with E-state index in [1.54, 1.807) is 0 Å². The lowest BCUT2D eigenvalue weighted by molar-refractivity contribution is 0.193. The van der Waals surface area contributed by atoms with Crippen molar-refractivity contribution in [1.82, 2.24) is 0 Å². The Morgan fingerprint density at radius 2 is 1.65 bits per heavy atom. The van der Waals surface area contributed by atoms with Crippen molar-refractivity contribution in [2.75, 3.05) is 0 Å². The van der Waals surface area contributed by atoms with Gasteiger partial charge in [-0.15, -0.1) is 6.58 Å². The zero-order chi connectivity index (χ0) is 18.0. The lowest BCUT2D eigenvalue weighted by Crippen LogP contribution is -2.25. The smallest absolute Gasteiger partial charge is 0.0145 e. The first-order valence-electron chi connectivity index (χ1n) is 9.97. The molecule has 4 atom stereocenters. The minimum absolute atomic E-state index is 0.490. The highest BCUT2D eigenvalue weighted by Crippen LogP contribution is 2.37. The second-order valence-corrected chi connectivity index (χ2v) is 8.68. The van der Waals surface area contributed by atoms with E-state index in [4.69, 9.17) is 0 Å². The summed E-state index contributed by atoms with van der Waals surface area (Å²) in [6.07, 6.45) is 13.4. The van der Waals surface area contributed by atoms with Crippen LogP contribution < -0.4 is 0 Å². The predicted molar refractivity (Wildman–Crippen MR) is 108 cm³/mol. The van der Waals surface area contributed by atoms with E-state index in [0.29, 0.717) is 17.3 Å². The molecule has 0 aliphatic rings. The van der Waals surface area contributed by atoms with Gasteiger partial charge in [0, 0.05) is 0 Å². The third-order valence-corrected chi connectivity index (χ3v) is 6.01. The van der Waals surface area contributed by atoms with E-state index in [0.717, 1.165) is 17.8 Å². The van der Waals surface area contributed by atoms with Gasteiger partial charge in [0.15, 0.2) is 0 Å². The standard InChI is InChI=1S/C23H44/c1-10-14-19(7)21(12-3)22(18(5)6)16-15-20(11-2)17-23(8,9)13-4/h10,12,14,18-22H,3,11,13,15-17H2,1-2,4-9H3. The third kappa shape index (κ3) is 8.23. The summed E-state index contributed by atoms with van der Waals surface area (Å²) >= 11 is 0. The molecule has 0 amide bonds. The number of hydrogen-bond donors (Lipinski definition) is 0. The molecule has 0 fully saturated rings. The minimum Gasteiger partial charge on any atom is -0.103 e. The molecule has 0 N–H and O–H groups in total. The monoisotopic (exact) mass is 320 g/mol. The van der Waals surface area contributed by atoms with Crippen LogP contribution in [-0.4, -0.2) is 0 Å². The minimum atomic E-state index is 0.490. The van der Waals surface area contributed by atoms with Crippen LogP contribution in [0, 0.1) is 35.0 Å². The molecule has 0 aliphatic heterocycles. The highest BCUT2D eigenvalue weighted by molar-refractivity contribution is 4.97. The molecule has 0 aromatic carbocycles. The Bertz CT molecular complexity index is 334. The molecule has 0 saturated carbocycles. The highest BCUT2D eigenvalue weighted by atomic mass is 14.3. The summed E-state index contributed by atoms with van der Waals surface area (Å²) in [6.45, 7) is 23.0. The summed E-state index contributed by atoms with van der Waals surface area (Å²) in [5, 5.41) is 0. The lowest BCUT2D eigenvalue weighted by atomic mass is 9.71. The molecule has 0 heteroatoms. The van der Waals surface area contributed by atoms with Crippen molar-refractivity contribution < 1.29 is 0 Å². The third-order valence-electron chi connectivity index (χ3n) is 6.01. The Kier molecular flexibility index (Phi) is 10.9. The van der Waals surface area contributed by atoms with Gasteiger partial charge in [-0.25, -0.2) is 0 Å². The van der Waals surface area contributed by atoms with E-state index in [2.05, 4.69) is 80.2 Å². The van der Waals surface area contributed by atoms with Crippen molar-refractivity contribution in [3.63, 3.8) is 0 Å². The molecule has 23 heavy (non-hydrogen) atoms. The fourth-order valence-electron chi connectivity index (χ4n) is 3.99. The predicted octanol–water partition coefficient (Wildman–Crippen LogP) is 7.91. The Labute approximate surface area is 147 Å². The lowest BCUT2D eigenvalue weighted by Gasteiger charge is -2.34. The number of allylic oxidation sites excluding steroid dienone is 3. The van der Waals surface area contributed by atoms with Gasteiger partial charge in [-0.2, -0.15) is 0 Å². The van der Waals surface area contributed by atoms with Crippen LogP contribution >= 0.6 is 0 Å². The molecule has 0 aliphatic carbocycles. The van der Waals surface area contributed by atoms with Crippen molar-refractivity contribution in [1.29, 1.82) is 0 Å². The Morgan fingerprint density at radius 3 is 2.04 bits per heavy atom. The molecular formula is C23H44. The Hall–Kier alpha value is -0.520. The highest BCUT2D eigenvalue weighted by Gasteiger charge is 2.27. The van der Waals surface area contributed by atoms with Gasteiger partial charge >= 0.3 is 0 Å². The summed E-state index contributed by atoms with van der Waals surface area (Å²) < 4.78 is 0. The second kappa shape index (κ2) is 11.1. The van der Waals surface area contributed by atoms with Gasteiger partial charge in [-0.3, -0.25) is 0 Å². The van der Waals surface area contributed by atoms with Gasteiger partial charge in [0.05, 0.1) is 0 Å². The fourth-order valence-corrected chi connectivity index (χ4v) is 3.99. The largest absolute Gasteiger partial charge is 0.103 e. The topological polar surface area (TPSA) is 0 Å². The summed E-state index contributed by atoms with van der Waals surface area (Å²) in [7, 11) is 0. The maximum atomic E-state index is 4.15. The van der Waals surface area contributed by atoms with Gasteiger partial charge in [0.25, 0.3) is 0 Å². The van der Waals surface area contributed by atoms with Gasteiger partial charge in [-0.1, -0.05) is 86.0 Å². The van der Waals surface area contributed by atoms with Gasteiger partial charge in [0.1, 0.15) is 0 Å². The van der Waals surface area contributed by atoms with Crippen molar-refractivity contribution in [3.05, 3.63) is 24.8 Å². The first kappa shape index (κ1) is 22.5. The molecule has 0 saturated heterocycles. The van der Waals surface area contributed by atoms with Gasteiger partial charge < -0.3 is 0 Å². The van der Waals surface area contributed by atoms with Crippen molar-refractivity contribution in [2.24, 2.45) is 35.0 Å². The SMILES string of the molecule is C=CC(C(C)C=CC)C(CCC(CC)CC(C)(C)CC)C(C)C.